The van der Waals surface area contributed by atoms with Crippen molar-refractivity contribution in [2.45, 2.75) is 17.7 Å². The SMILES string of the molecule is O=C(CN1CCN(c2ccccc2)CC1)Nc1ccc(S(=O)(=O)N2CCCC2)cc1. The molecule has 2 heterocycles. The van der Waals surface area contributed by atoms with E-state index >= 15 is 0 Å². The number of carbonyl (C=O) groups excluding carboxylic acids is 1. The highest BCUT2D eigenvalue weighted by atomic mass is 32.2. The largest absolute Gasteiger partial charge is 0.369 e. The van der Waals surface area contributed by atoms with E-state index in [4.69, 9.17) is 0 Å². The van der Waals surface area contributed by atoms with E-state index in [1.165, 1.54) is 9.99 Å². The number of piperazine rings is 1. The van der Waals surface area contributed by atoms with Gasteiger partial charge in [-0.05, 0) is 49.2 Å². The first-order chi connectivity index (χ1) is 14.5. The van der Waals surface area contributed by atoms with Gasteiger partial charge in [-0.2, -0.15) is 4.31 Å². The van der Waals surface area contributed by atoms with Crippen LogP contribution in [0.15, 0.2) is 59.5 Å². The monoisotopic (exact) mass is 428 g/mol. The van der Waals surface area contributed by atoms with Gasteiger partial charge in [0.25, 0.3) is 0 Å². The highest BCUT2D eigenvalue weighted by Crippen LogP contribution is 2.22. The first-order valence-electron chi connectivity index (χ1n) is 10.4. The van der Waals surface area contributed by atoms with Gasteiger partial charge < -0.3 is 10.2 Å². The lowest BCUT2D eigenvalue weighted by Crippen LogP contribution is -2.48. The van der Waals surface area contributed by atoms with Gasteiger partial charge in [-0.1, -0.05) is 18.2 Å². The molecular formula is C22H28N4O3S. The maximum Gasteiger partial charge on any atom is 0.243 e. The van der Waals surface area contributed by atoms with Crippen LogP contribution < -0.4 is 10.2 Å². The first-order valence-corrected chi connectivity index (χ1v) is 11.9. The number of amides is 1. The van der Waals surface area contributed by atoms with Gasteiger partial charge in [-0.15, -0.1) is 0 Å². The molecular weight excluding hydrogens is 400 g/mol. The summed E-state index contributed by atoms with van der Waals surface area (Å²) in [7, 11) is -3.43. The molecule has 0 spiro atoms. The topological polar surface area (TPSA) is 73.0 Å². The van der Waals surface area contributed by atoms with Crippen molar-refractivity contribution >= 4 is 27.3 Å². The van der Waals surface area contributed by atoms with Crippen molar-refractivity contribution in [1.82, 2.24) is 9.21 Å². The van der Waals surface area contributed by atoms with Crippen LogP contribution in [0.2, 0.25) is 0 Å². The van der Waals surface area contributed by atoms with E-state index in [0.29, 0.717) is 25.3 Å². The summed E-state index contributed by atoms with van der Waals surface area (Å²) in [5.74, 6) is -0.0849. The predicted molar refractivity (Wildman–Crippen MR) is 118 cm³/mol. The van der Waals surface area contributed by atoms with Gasteiger partial charge in [0.05, 0.1) is 11.4 Å². The van der Waals surface area contributed by atoms with Crippen molar-refractivity contribution in [2.75, 3.05) is 56.0 Å². The summed E-state index contributed by atoms with van der Waals surface area (Å²) in [6, 6.07) is 16.8. The van der Waals surface area contributed by atoms with Crippen LogP contribution in [-0.2, 0) is 14.8 Å². The summed E-state index contributed by atoms with van der Waals surface area (Å²) in [4.78, 5) is 17.2. The van der Waals surface area contributed by atoms with Crippen molar-refractivity contribution in [1.29, 1.82) is 0 Å². The van der Waals surface area contributed by atoms with E-state index in [9.17, 15) is 13.2 Å². The van der Waals surface area contributed by atoms with Gasteiger partial charge in [0.2, 0.25) is 15.9 Å². The van der Waals surface area contributed by atoms with Crippen molar-refractivity contribution in [3.63, 3.8) is 0 Å². The van der Waals surface area contributed by atoms with Crippen LogP contribution in [0.5, 0.6) is 0 Å². The molecule has 4 rings (SSSR count). The number of carbonyl (C=O) groups is 1. The van der Waals surface area contributed by atoms with E-state index in [1.54, 1.807) is 24.3 Å². The summed E-state index contributed by atoms with van der Waals surface area (Å²) in [5.41, 5.74) is 1.83. The van der Waals surface area contributed by atoms with Gasteiger partial charge in [0.15, 0.2) is 0 Å². The lowest BCUT2D eigenvalue weighted by atomic mass is 10.2. The van der Waals surface area contributed by atoms with E-state index < -0.39 is 10.0 Å². The van der Waals surface area contributed by atoms with Gasteiger partial charge in [0.1, 0.15) is 0 Å². The quantitative estimate of drug-likeness (QED) is 0.764. The van der Waals surface area contributed by atoms with E-state index in [-0.39, 0.29) is 10.8 Å². The lowest BCUT2D eigenvalue weighted by molar-refractivity contribution is -0.117. The third kappa shape index (κ3) is 4.83. The van der Waals surface area contributed by atoms with Gasteiger partial charge in [-0.3, -0.25) is 9.69 Å². The molecule has 0 unspecified atom stereocenters. The Balaban J connectivity index is 1.27. The Bertz CT molecular complexity index is 950. The third-order valence-corrected chi connectivity index (χ3v) is 7.61. The number of hydrogen-bond donors (Lipinski definition) is 1. The minimum atomic E-state index is -3.43. The Morgan fingerprint density at radius 2 is 1.47 bits per heavy atom. The molecule has 2 fully saturated rings. The summed E-state index contributed by atoms with van der Waals surface area (Å²) in [5, 5.41) is 2.88. The average molecular weight is 429 g/mol. The molecule has 2 aromatic carbocycles. The van der Waals surface area contributed by atoms with Gasteiger partial charge >= 0.3 is 0 Å². The van der Waals surface area contributed by atoms with Crippen LogP contribution in [0.1, 0.15) is 12.8 Å². The standard InChI is InChI=1S/C22H28N4O3S/c27-22(18-24-14-16-25(17-15-24)20-6-2-1-3-7-20)23-19-8-10-21(11-9-19)30(28,29)26-12-4-5-13-26/h1-3,6-11H,4-5,12-18H2,(H,23,27). The molecule has 1 amide bonds. The fraction of sp³-hybridized carbons (Fsp3) is 0.409. The van der Waals surface area contributed by atoms with Crippen LogP contribution in [-0.4, -0.2) is 69.3 Å². The minimum absolute atomic E-state index is 0.0849. The fourth-order valence-electron chi connectivity index (χ4n) is 3.99. The molecule has 7 nitrogen and oxygen atoms in total. The molecule has 0 aliphatic carbocycles. The molecule has 0 atom stereocenters. The molecule has 160 valence electrons. The Hall–Kier alpha value is -2.42. The molecule has 0 saturated carbocycles. The highest BCUT2D eigenvalue weighted by molar-refractivity contribution is 7.89. The molecule has 2 aliphatic heterocycles. The number of anilines is 2. The molecule has 0 bridgehead atoms. The van der Waals surface area contributed by atoms with Crippen molar-refractivity contribution in [2.24, 2.45) is 0 Å². The summed E-state index contributed by atoms with van der Waals surface area (Å²) < 4.78 is 26.7. The molecule has 0 radical (unpaired) electrons. The second kappa shape index (κ2) is 9.16. The summed E-state index contributed by atoms with van der Waals surface area (Å²) in [6.07, 6.45) is 1.82. The van der Waals surface area contributed by atoms with Crippen molar-refractivity contribution < 1.29 is 13.2 Å². The van der Waals surface area contributed by atoms with E-state index in [1.807, 2.05) is 18.2 Å². The number of nitrogens with zero attached hydrogens (tertiary/aromatic N) is 3. The van der Waals surface area contributed by atoms with E-state index in [2.05, 4.69) is 27.2 Å². The van der Waals surface area contributed by atoms with Crippen molar-refractivity contribution in [3.8, 4) is 0 Å². The smallest absolute Gasteiger partial charge is 0.243 e. The third-order valence-electron chi connectivity index (χ3n) is 5.70. The maximum absolute atomic E-state index is 12.6. The Morgan fingerprint density at radius 1 is 0.833 bits per heavy atom. The number of nitrogens with one attached hydrogen (secondary N) is 1. The zero-order valence-corrected chi connectivity index (χ0v) is 17.9. The van der Waals surface area contributed by atoms with E-state index in [0.717, 1.165) is 39.0 Å². The molecule has 30 heavy (non-hydrogen) atoms. The zero-order chi connectivity index (χ0) is 21.0. The molecule has 2 saturated heterocycles. The molecule has 8 heteroatoms. The lowest BCUT2D eigenvalue weighted by Gasteiger charge is -2.35. The zero-order valence-electron chi connectivity index (χ0n) is 17.0. The van der Waals surface area contributed by atoms with Gasteiger partial charge in [0, 0.05) is 50.6 Å². The fourth-order valence-corrected chi connectivity index (χ4v) is 5.51. The first kappa shape index (κ1) is 20.8. The Labute approximate surface area is 178 Å². The highest BCUT2D eigenvalue weighted by Gasteiger charge is 2.27. The van der Waals surface area contributed by atoms with Crippen molar-refractivity contribution in [3.05, 3.63) is 54.6 Å². The number of hydrogen-bond acceptors (Lipinski definition) is 5. The Kier molecular flexibility index (Phi) is 6.36. The van der Waals surface area contributed by atoms with Crippen LogP contribution in [0.3, 0.4) is 0 Å². The maximum atomic E-state index is 12.6. The molecule has 2 aromatic rings. The predicted octanol–water partition coefficient (Wildman–Crippen LogP) is 2.23. The van der Waals surface area contributed by atoms with Crippen LogP contribution in [0.25, 0.3) is 0 Å². The normalized spacial score (nSPS) is 18.5. The Morgan fingerprint density at radius 3 is 2.10 bits per heavy atom. The minimum Gasteiger partial charge on any atom is -0.369 e. The van der Waals surface area contributed by atoms with Gasteiger partial charge in [-0.25, -0.2) is 8.42 Å². The summed E-state index contributed by atoms with van der Waals surface area (Å²) in [6.45, 7) is 4.93. The number of rotatable bonds is 6. The van der Waals surface area contributed by atoms with Crippen LogP contribution >= 0.6 is 0 Å². The van der Waals surface area contributed by atoms with Crippen LogP contribution in [0.4, 0.5) is 11.4 Å². The average Bonchev–Trinajstić information content (AvgIpc) is 3.31. The number of sulfonamides is 1. The second-order valence-electron chi connectivity index (χ2n) is 7.78. The number of benzene rings is 2. The molecule has 2 aliphatic rings. The second-order valence-corrected chi connectivity index (χ2v) is 9.72. The number of para-hydroxylation sites is 1. The molecule has 0 aromatic heterocycles. The summed E-state index contributed by atoms with van der Waals surface area (Å²) >= 11 is 0. The van der Waals surface area contributed by atoms with Crippen LogP contribution in [0, 0.1) is 0 Å². The molecule has 1 N–H and O–H groups in total.